The third-order valence-electron chi connectivity index (χ3n) is 4.08. The van der Waals surface area contributed by atoms with E-state index in [2.05, 4.69) is 17.3 Å². The van der Waals surface area contributed by atoms with Crippen LogP contribution in [0.25, 0.3) is 0 Å². The summed E-state index contributed by atoms with van der Waals surface area (Å²) in [6.07, 6.45) is 2.88. The zero-order valence-corrected chi connectivity index (χ0v) is 12.4. The number of aliphatic hydroxyl groups excluding tert-OH is 1. The zero-order chi connectivity index (χ0) is 14.8. The first-order valence-corrected chi connectivity index (χ1v) is 7.21. The molecule has 0 aromatic carbocycles. The van der Waals surface area contributed by atoms with Gasteiger partial charge in [-0.25, -0.2) is 0 Å². The van der Waals surface area contributed by atoms with Crippen molar-refractivity contribution >= 4 is 0 Å². The molecule has 1 saturated heterocycles. The summed E-state index contributed by atoms with van der Waals surface area (Å²) in [4.78, 5) is 0. The molecule has 2 aromatic heterocycles. The molecule has 2 atom stereocenters. The van der Waals surface area contributed by atoms with Gasteiger partial charge in [0.2, 0.25) is 0 Å². The molecule has 0 radical (unpaired) electrons. The Morgan fingerprint density at radius 2 is 2.24 bits per heavy atom. The Morgan fingerprint density at radius 3 is 2.90 bits per heavy atom. The van der Waals surface area contributed by atoms with Crippen LogP contribution in [0.4, 0.5) is 0 Å². The minimum Gasteiger partial charge on any atom is -0.462 e. The van der Waals surface area contributed by atoms with Crippen LogP contribution < -0.4 is 5.32 Å². The molecule has 3 heterocycles. The van der Waals surface area contributed by atoms with Crippen LogP contribution in [0, 0.1) is 6.92 Å². The van der Waals surface area contributed by atoms with Gasteiger partial charge in [0.25, 0.3) is 0 Å². The fourth-order valence-corrected chi connectivity index (χ4v) is 2.73. The SMILES string of the molecule is Cc1c([C@H]2OCC[C@@H]2NCc2ccc(CO)o2)cnn1C. The third-order valence-corrected chi connectivity index (χ3v) is 4.08. The largest absolute Gasteiger partial charge is 0.462 e. The number of hydrogen-bond donors (Lipinski definition) is 2. The molecule has 2 aromatic rings. The van der Waals surface area contributed by atoms with Crippen molar-refractivity contribution in [3.63, 3.8) is 0 Å². The van der Waals surface area contributed by atoms with Crippen molar-refractivity contribution in [2.75, 3.05) is 6.61 Å². The maximum absolute atomic E-state index is 9.01. The summed E-state index contributed by atoms with van der Waals surface area (Å²) in [6, 6.07) is 3.93. The van der Waals surface area contributed by atoms with Gasteiger partial charge in [0.05, 0.1) is 12.7 Å². The first-order valence-electron chi connectivity index (χ1n) is 7.21. The Kier molecular flexibility index (Phi) is 4.10. The molecule has 1 aliphatic rings. The number of nitrogens with zero attached hydrogens (tertiary/aromatic N) is 2. The molecule has 0 aliphatic carbocycles. The number of rotatable bonds is 5. The number of aryl methyl sites for hydroxylation is 1. The van der Waals surface area contributed by atoms with Gasteiger partial charge in [-0.1, -0.05) is 0 Å². The van der Waals surface area contributed by atoms with Crippen LogP contribution in [0.1, 0.15) is 35.3 Å². The number of nitrogens with one attached hydrogen (secondary N) is 1. The van der Waals surface area contributed by atoms with Gasteiger partial charge in [-0.2, -0.15) is 5.10 Å². The second-order valence-electron chi connectivity index (χ2n) is 5.40. The summed E-state index contributed by atoms with van der Waals surface area (Å²) >= 11 is 0. The van der Waals surface area contributed by atoms with E-state index in [4.69, 9.17) is 14.3 Å². The van der Waals surface area contributed by atoms with Gasteiger partial charge in [0, 0.05) is 31.0 Å². The molecule has 1 fully saturated rings. The quantitative estimate of drug-likeness (QED) is 0.872. The Hall–Kier alpha value is -1.63. The summed E-state index contributed by atoms with van der Waals surface area (Å²) < 4.78 is 13.2. The Bertz CT molecular complexity index is 605. The molecule has 0 bridgehead atoms. The molecule has 0 spiro atoms. The molecule has 6 nitrogen and oxygen atoms in total. The summed E-state index contributed by atoms with van der Waals surface area (Å²) in [5.41, 5.74) is 2.28. The number of aromatic nitrogens is 2. The number of hydrogen-bond acceptors (Lipinski definition) is 5. The molecule has 1 aliphatic heterocycles. The van der Waals surface area contributed by atoms with Gasteiger partial charge in [-0.15, -0.1) is 0 Å². The molecule has 21 heavy (non-hydrogen) atoms. The fraction of sp³-hybridized carbons (Fsp3) is 0.533. The average Bonchev–Trinajstić information content (AvgIpc) is 3.19. The molecule has 0 unspecified atom stereocenters. The smallest absolute Gasteiger partial charge is 0.129 e. The molecule has 3 rings (SSSR count). The summed E-state index contributed by atoms with van der Waals surface area (Å²) in [5.74, 6) is 1.42. The molecular weight excluding hydrogens is 270 g/mol. The normalized spacial score (nSPS) is 22.0. The van der Waals surface area contributed by atoms with Gasteiger partial charge in [-0.05, 0) is 25.5 Å². The van der Waals surface area contributed by atoms with E-state index in [1.165, 1.54) is 0 Å². The van der Waals surface area contributed by atoms with Gasteiger partial charge in [0.15, 0.2) is 0 Å². The Labute approximate surface area is 123 Å². The lowest BCUT2D eigenvalue weighted by atomic mass is 10.0. The zero-order valence-electron chi connectivity index (χ0n) is 12.4. The first-order chi connectivity index (χ1) is 10.2. The topological polar surface area (TPSA) is 72.4 Å². The second-order valence-corrected chi connectivity index (χ2v) is 5.40. The summed E-state index contributed by atoms with van der Waals surface area (Å²) in [6.45, 7) is 3.37. The summed E-state index contributed by atoms with van der Waals surface area (Å²) in [5, 5.41) is 16.8. The van der Waals surface area contributed by atoms with Crippen LogP contribution >= 0.6 is 0 Å². The van der Waals surface area contributed by atoms with Gasteiger partial charge in [0.1, 0.15) is 24.2 Å². The molecule has 2 N–H and O–H groups in total. The van der Waals surface area contributed by atoms with E-state index in [-0.39, 0.29) is 18.8 Å². The lowest BCUT2D eigenvalue weighted by Gasteiger charge is -2.19. The monoisotopic (exact) mass is 291 g/mol. The highest BCUT2D eigenvalue weighted by Crippen LogP contribution is 2.31. The standard InChI is InChI=1S/C15H21N3O3/c1-10-13(8-17-18(10)2)15-14(5-6-20-15)16-7-11-3-4-12(9-19)21-11/h3-4,8,14-16,19H,5-7,9H2,1-2H3/t14-,15+/m0/s1. The fourth-order valence-electron chi connectivity index (χ4n) is 2.73. The van der Waals surface area contributed by atoms with Crippen molar-refractivity contribution in [2.45, 2.75) is 38.6 Å². The van der Waals surface area contributed by atoms with E-state index < -0.39 is 0 Å². The van der Waals surface area contributed by atoms with Crippen molar-refractivity contribution in [1.29, 1.82) is 0 Å². The van der Waals surface area contributed by atoms with E-state index in [9.17, 15) is 0 Å². The van der Waals surface area contributed by atoms with Crippen molar-refractivity contribution < 1.29 is 14.3 Å². The van der Waals surface area contributed by atoms with Crippen LogP contribution in [-0.2, 0) is 24.9 Å². The van der Waals surface area contributed by atoms with Crippen molar-refractivity contribution in [3.05, 3.63) is 41.1 Å². The van der Waals surface area contributed by atoms with Crippen LogP contribution in [0.2, 0.25) is 0 Å². The maximum atomic E-state index is 9.01. The summed E-state index contributed by atoms with van der Waals surface area (Å²) in [7, 11) is 1.94. The lowest BCUT2D eigenvalue weighted by molar-refractivity contribution is 0.0974. The predicted molar refractivity (Wildman–Crippen MR) is 76.5 cm³/mol. The average molecular weight is 291 g/mol. The van der Waals surface area contributed by atoms with Crippen LogP contribution in [0.15, 0.2) is 22.7 Å². The maximum Gasteiger partial charge on any atom is 0.129 e. The van der Waals surface area contributed by atoms with E-state index in [0.29, 0.717) is 12.3 Å². The number of furan rings is 1. The molecule has 114 valence electrons. The third kappa shape index (κ3) is 2.88. The predicted octanol–water partition coefficient (Wildman–Crippen LogP) is 1.43. The molecular formula is C15H21N3O3. The van der Waals surface area contributed by atoms with Crippen molar-refractivity contribution in [1.82, 2.24) is 15.1 Å². The van der Waals surface area contributed by atoms with E-state index in [0.717, 1.165) is 30.0 Å². The Morgan fingerprint density at radius 1 is 1.43 bits per heavy atom. The molecule has 0 amide bonds. The van der Waals surface area contributed by atoms with Crippen molar-refractivity contribution in [3.8, 4) is 0 Å². The highest BCUT2D eigenvalue weighted by atomic mass is 16.5. The van der Waals surface area contributed by atoms with Gasteiger partial charge < -0.3 is 19.6 Å². The lowest BCUT2D eigenvalue weighted by Crippen LogP contribution is -2.31. The highest BCUT2D eigenvalue weighted by Gasteiger charge is 2.31. The van der Waals surface area contributed by atoms with E-state index >= 15 is 0 Å². The minimum absolute atomic E-state index is 0.0333. The van der Waals surface area contributed by atoms with Crippen LogP contribution in [0.3, 0.4) is 0 Å². The molecule has 0 saturated carbocycles. The minimum atomic E-state index is -0.0654. The number of aliphatic hydroxyl groups is 1. The van der Waals surface area contributed by atoms with Crippen LogP contribution in [0.5, 0.6) is 0 Å². The van der Waals surface area contributed by atoms with Crippen molar-refractivity contribution in [2.24, 2.45) is 7.05 Å². The first kappa shape index (κ1) is 14.3. The number of ether oxygens (including phenoxy) is 1. The Balaban J connectivity index is 1.65. The van der Waals surface area contributed by atoms with E-state index in [1.807, 2.05) is 24.0 Å². The second kappa shape index (κ2) is 6.01. The van der Waals surface area contributed by atoms with Crippen LogP contribution in [-0.4, -0.2) is 27.5 Å². The highest BCUT2D eigenvalue weighted by molar-refractivity contribution is 5.22. The molecule has 6 heteroatoms. The van der Waals surface area contributed by atoms with E-state index in [1.54, 1.807) is 6.07 Å². The van der Waals surface area contributed by atoms with Gasteiger partial charge in [-0.3, -0.25) is 4.68 Å². The van der Waals surface area contributed by atoms with Gasteiger partial charge >= 0.3 is 0 Å².